The van der Waals surface area contributed by atoms with Gasteiger partial charge in [0.1, 0.15) is 0 Å². The molecule has 3 heteroatoms. The first-order valence-electron chi connectivity index (χ1n) is 5.76. The minimum absolute atomic E-state index is 0.392. The molecule has 0 aliphatic carbocycles. The molecule has 1 aromatic rings. The third-order valence-corrected chi connectivity index (χ3v) is 3.96. The molecule has 2 N–H and O–H groups in total. The van der Waals surface area contributed by atoms with Gasteiger partial charge in [-0.15, -0.1) is 0 Å². The fourth-order valence-corrected chi connectivity index (χ4v) is 3.00. The van der Waals surface area contributed by atoms with Crippen molar-refractivity contribution >= 4 is 11.3 Å². The van der Waals surface area contributed by atoms with E-state index in [-0.39, 0.29) is 0 Å². The SMILES string of the molecule is CC(Cc1ccsc1)N1CCCC(N)C1. The number of nitrogens with two attached hydrogens (primary N) is 1. The van der Waals surface area contributed by atoms with Crippen molar-refractivity contribution in [3.8, 4) is 0 Å². The molecule has 1 fully saturated rings. The molecule has 0 aromatic carbocycles. The highest BCUT2D eigenvalue weighted by molar-refractivity contribution is 7.07. The van der Waals surface area contributed by atoms with Crippen molar-refractivity contribution < 1.29 is 0 Å². The van der Waals surface area contributed by atoms with Gasteiger partial charge in [-0.1, -0.05) is 0 Å². The van der Waals surface area contributed by atoms with Crippen molar-refractivity contribution in [1.82, 2.24) is 4.90 Å². The third-order valence-electron chi connectivity index (χ3n) is 3.22. The van der Waals surface area contributed by atoms with Gasteiger partial charge in [-0.25, -0.2) is 0 Å². The second-order valence-electron chi connectivity index (χ2n) is 4.58. The molecule has 84 valence electrons. The lowest BCUT2D eigenvalue weighted by Gasteiger charge is -2.35. The van der Waals surface area contributed by atoms with Gasteiger partial charge in [-0.3, -0.25) is 4.90 Å². The van der Waals surface area contributed by atoms with E-state index in [1.807, 2.05) is 0 Å². The van der Waals surface area contributed by atoms with E-state index in [0.717, 1.165) is 13.0 Å². The minimum Gasteiger partial charge on any atom is -0.327 e. The number of piperidine rings is 1. The van der Waals surface area contributed by atoms with Gasteiger partial charge in [-0.05, 0) is 55.1 Å². The van der Waals surface area contributed by atoms with Crippen LogP contribution in [-0.4, -0.2) is 30.1 Å². The smallest absolute Gasteiger partial charge is 0.0168 e. The summed E-state index contributed by atoms with van der Waals surface area (Å²) < 4.78 is 0. The summed E-state index contributed by atoms with van der Waals surface area (Å²) in [5.41, 5.74) is 7.46. The minimum atomic E-state index is 0.392. The Labute approximate surface area is 96.1 Å². The summed E-state index contributed by atoms with van der Waals surface area (Å²) in [7, 11) is 0. The molecule has 1 aromatic heterocycles. The Morgan fingerprint density at radius 1 is 1.67 bits per heavy atom. The van der Waals surface area contributed by atoms with E-state index in [1.165, 1.54) is 24.9 Å². The van der Waals surface area contributed by atoms with Crippen LogP contribution in [0.4, 0.5) is 0 Å². The molecule has 1 saturated heterocycles. The van der Waals surface area contributed by atoms with Crippen LogP contribution < -0.4 is 5.73 Å². The molecular weight excluding hydrogens is 204 g/mol. The highest BCUT2D eigenvalue weighted by Crippen LogP contribution is 2.16. The maximum atomic E-state index is 6.00. The summed E-state index contributed by atoms with van der Waals surface area (Å²) in [5, 5.41) is 4.41. The Morgan fingerprint density at radius 3 is 3.20 bits per heavy atom. The van der Waals surface area contributed by atoms with Crippen molar-refractivity contribution in [2.45, 2.75) is 38.3 Å². The van der Waals surface area contributed by atoms with Gasteiger partial charge >= 0.3 is 0 Å². The predicted octanol–water partition coefficient (Wildman–Crippen LogP) is 2.10. The number of thiophene rings is 1. The van der Waals surface area contributed by atoms with Crippen LogP contribution in [0.25, 0.3) is 0 Å². The van der Waals surface area contributed by atoms with Crippen LogP contribution >= 0.6 is 11.3 Å². The summed E-state index contributed by atoms with van der Waals surface area (Å²) in [6, 6.07) is 3.25. The van der Waals surface area contributed by atoms with Crippen LogP contribution in [0, 0.1) is 0 Å². The topological polar surface area (TPSA) is 29.3 Å². The first-order chi connectivity index (χ1) is 7.25. The predicted molar refractivity (Wildman–Crippen MR) is 66.3 cm³/mol. The molecule has 2 heterocycles. The normalized spacial score (nSPS) is 25.3. The summed E-state index contributed by atoms with van der Waals surface area (Å²) in [4.78, 5) is 2.53. The second-order valence-corrected chi connectivity index (χ2v) is 5.36. The first-order valence-corrected chi connectivity index (χ1v) is 6.70. The molecule has 0 bridgehead atoms. The molecule has 2 nitrogen and oxygen atoms in total. The van der Waals surface area contributed by atoms with E-state index in [0.29, 0.717) is 12.1 Å². The maximum absolute atomic E-state index is 6.00. The van der Waals surface area contributed by atoms with E-state index in [2.05, 4.69) is 28.7 Å². The number of hydrogen-bond acceptors (Lipinski definition) is 3. The Morgan fingerprint density at radius 2 is 2.53 bits per heavy atom. The van der Waals surface area contributed by atoms with Gasteiger partial charge in [0.15, 0.2) is 0 Å². The molecule has 0 amide bonds. The largest absolute Gasteiger partial charge is 0.327 e. The first kappa shape index (κ1) is 11.1. The quantitative estimate of drug-likeness (QED) is 0.852. The van der Waals surface area contributed by atoms with Gasteiger partial charge in [0.05, 0.1) is 0 Å². The molecule has 0 radical (unpaired) electrons. The zero-order chi connectivity index (χ0) is 10.7. The summed E-state index contributed by atoms with van der Waals surface area (Å²) in [6.07, 6.45) is 3.62. The molecular formula is C12H20N2S. The maximum Gasteiger partial charge on any atom is 0.0168 e. The van der Waals surface area contributed by atoms with Crippen LogP contribution in [0.1, 0.15) is 25.3 Å². The van der Waals surface area contributed by atoms with E-state index in [1.54, 1.807) is 11.3 Å². The third kappa shape index (κ3) is 3.03. The van der Waals surface area contributed by atoms with E-state index < -0.39 is 0 Å². The average molecular weight is 224 g/mol. The molecule has 1 aliphatic rings. The van der Waals surface area contributed by atoms with Gasteiger partial charge < -0.3 is 5.73 Å². The van der Waals surface area contributed by atoms with Crippen LogP contribution in [-0.2, 0) is 6.42 Å². The molecule has 15 heavy (non-hydrogen) atoms. The van der Waals surface area contributed by atoms with Crippen molar-refractivity contribution in [1.29, 1.82) is 0 Å². The number of hydrogen-bond donors (Lipinski definition) is 1. The Hall–Kier alpha value is -0.380. The van der Waals surface area contributed by atoms with Crippen LogP contribution in [0.3, 0.4) is 0 Å². The fraction of sp³-hybridized carbons (Fsp3) is 0.667. The van der Waals surface area contributed by atoms with E-state index >= 15 is 0 Å². The van der Waals surface area contributed by atoms with Gasteiger partial charge in [0.2, 0.25) is 0 Å². The van der Waals surface area contributed by atoms with Crippen molar-refractivity contribution in [3.63, 3.8) is 0 Å². The molecule has 2 unspecified atom stereocenters. The fourth-order valence-electron chi connectivity index (χ4n) is 2.32. The lowest BCUT2D eigenvalue weighted by atomic mass is 10.0. The molecule has 0 spiro atoms. The zero-order valence-corrected chi connectivity index (χ0v) is 10.2. The standard InChI is InChI=1S/C12H20N2S/c1-10(7-11-4-6-15-9-11)14-5-2-3-12(13)8-14/h4,6,9-10,12H,2-3,5,7-8,13H2,1H3. The van der Waals surface area contributed by atoms with E-state index in [9.17, 15) is 0 Å². The van der Waals surface area contributed by atoms with Gasteiger partial charge in [-0.2, -0.15) is 11.3 Å². The molecule has 0 saturated carbocycles. The lowest BCUT2D eigenvalue weighted by Crippen LogP contribution is -2.47. The zero-order valence-electron chi connectivity index (χ0n) is 9.36. The molecule has 1 aliphatic heterocycles. The van der Waals surface area contributed by atoms with Crippen LogP contribution in [0.5, 0.6) is 0 Å². The summed E-state index contributed by atoms with van der Waals surface area (Å²) >= 11 is 1.79. The number of nitrogens with zero attached hydrogens (tertiary/aromatic N) is 1. The summed E-state index contributed by atoms with van der Waals surface area (Å²) in [5.74, 6) is 0. The molecule has 2 atom stereocenters. The average Bonchev–Trinajstić information content (AvgIpc) is 2.70. The second kappa shape index (κ2) is 5.10. The monoisotopic (exact) mass is 224 g/mol. The molecule has 2 rings (SSSR count). The highest BCUT2D eigenvalue weighted by atomic mass is 32.1. The van der Waals surface area contributed by atoms with Gasteiger partial charge in [0.25, 0.3) is 0 Å². The Kier molecular flexibility index (Phi) is 3.78. The number of likely N-dealkylation sites (tertiary alicyclic amines) is 1. The Bertz CT molecular complexity index is 284. The van der Waals surface area contributed by atoms with Crippen molar-refractivity contribution in [2.75, 3.05) is 13.1 Å². The number of rotatable bonds is 3. The van der Waals surface area contributed by atoms with Gasteiger partial charge in [0, 0.05) is 18.6 Å². The van der Waals surface area contributed by atoms with Crippen LogP contribution in [0.15, 0.2) is 16.8 Å². The highest BCUT2D eigenvalue weighted by Gasteiger charge is 2.21. The Balaban J connectivity index is 1.87. The van der Waals surface area contributed by atoms with Crippen molar-refractivity contribution in [2.24, 2.45) is 5.73 Å². The summed E-state index contributed by atoms with van der Waals surface area (Å²) in [6.45, 7) is 4.61. The van der Waals surface area contributed by atoms with E-state index in [4.69, 9.17) is 5.73 Å². The lowest BCUT2D eigenvalue weighted by molar-refractivity contribution is 0.158. The van der Waals surface area contributed by atoms with Crippen LogP contribution in [0.2, 0.25) is 0 Å². The van der Waals surface area contributed by atoms with Crippen molar-refractivity contribution in [3.05, 3.63) is 22.4 Å².